The van der Waals surface area contributed by atoms with E-state index in [9.17, 15) is 0 Å². The van der Waals surface area contributed by atoms with Gasteiger partial charge in [0, 0.05) is 0 Å². The topological polar surface area (TPSA) is 33.0 Å². The van der Waals surface area contributed by atoms with Crippen molar-refractivity contribution in [3.63, 3.8) is 0 Å². The molecule has 98 valence electrons. The molecule has 0 heterocycles. The molecule has 0 saturated carbocycles. The second-order valence-electron chi connectivity index (χ2n) is 4.23. The monoisotopic (exact) mass is 261 g/mol. The van der Waals surface area contributed by atoms with Crippen molar-refractivity contribution in [1.29, 1.82) is 5.26 Å². The van der Waals surface area contributed by atoms with Crippen LogP contribution in [0.4, 0.5) is 0 Å². The molecule has 0 atom stereocenters. The molecule has 0 aromatic heterocycles. The molecular weight excluding hydrogens is 246 g/mol. The number of rotatable bonds is 4. The summed E-state index contributed by atoms with van der Waals surface area (Å²) in [6, 6.07) is 17.5. The fourth-order valence-electron chi connectivity index (χ4n) is 1.72. The van der Waals surface area contributed by atoms with E-state index in [2.05, 4.69) is 6.07 Å². The summed E-state index contributed by atoms with van der Waals surface area (Å²) in [6.45, 7) is 0. The van der Waals surface area contributed by atoms with E-state index >= 15 is 0 Å². The predicted octanol–water partition coefficient (Wildman–Crippen LogP) is 4.29. The lowest BCUT2D eigenvalue weighted by Gasteiger charge is -1.98. The van der Waals surface area contributed by atoms with Crippen molar-refractivity contribution >= 4 is 12.2 Å². The highest BCUT2D eigenvalue weighted by Gasteiger charge is 1.90. The summed E-state index contributed by atoms with van der Waals surface area (Å²) in [4.78, 5) is 0. The van der Waals surface area contributed by atoms with E-state index in [-0.39, 0.29) is 0 Å². The SMILES string of the molecule is COc1ccc(/C=C/C=C/c2ccc(C#N)cc2)cc1. The van der Waals surface area contributed by atoms with Crippen LogP contribution in [-0.4, -0.2) is 7.11 Å². The third-order valence-electron chi connectivity index (χ3n) is 2.84. The normalized spacial score (nSPS) is 10.8. The smallest absolute Gasteiger partial charge is 0.118 e. The first-order valence-corrected chi connectivity index (χ1v) is 6.31. The van der Waals surface area contributed by atoms with E-state index in [1.165, 1.54) is 0 Å². The van der Waals surface area contributed by atoms with Gasteiger partial charge in [0.15, 0.2) is 0 Å². The number of hydrogen-bond donors (Lipinski definition) is 0. The van der Waals surface area contributed by atoms with E-state index in [0.717, 1.165) is 16.9 Å². The molecule has 20 heavy (non-hydrogen) atoms. The minimum Gasteiger partial charge on any atom is -0.497 e. The summed E-state index contributed by atoms with van der Waals surface area (Å²) in [5, 5.41) is 8.72. The Morgan fingerprint density at radius 2 is 1.35 bits per heavy atom. The molecule has 0 bridgehead atoms. The van der Waals surface area contributed by atoms with Gasteiger partial charge < -0.3 is 4.74 Å². The first-order valence-electron chi connectivity index (χ1n) is 6.31. The molecule has 0 aliphatic rings. The Bertz CT molecular complexity index is 643. The van der Waals surface area contributed by atoms with E-state index < -0.39 is 0 Å². The maximum Gasteiger partial charge on any atom is 0.118 e. The number of benzene rings is 2. The van der Waals surface area contributed by atoms with Crippen molar-refractivity contribution in [2.24, 2.45) is 0 Å². The summed E-state index contributed by atoms with van der Waals surface area (Å²) in [5.74, 6) is 0.857. The molecule has 2 aromatic rings. The Labute approximate surface area is 119 Å². The van der Waals surface area contributed by atoms with Crippen molar-refractivity contribution < 1.29 is 4.74 Å². The fourth-order valence-corrected chi connectivity index (χ4v) is 1.72. The second-order valence-corrected chi connectivity index (χ2v) is 4.23. The van der Waals surface area contributed by atoms with Gasteiger partial charge in [-0.15, -0.1) is 0 Å². The Hall–Kier alpha value is -2.79. The third kappa shape index (κ3) is 3.86. The van der Waals surface area contributed by atoms with Gasteiger partial charge in [-0.25, -0.2) is 0 Å². The highest BCUT2D eigenvalue weighted by atomic mass is 16.5. The van der Waals surface area contributed by atoms with Crippen LogP contribution in [0, 0.1) is 11.3 Å². The lowest BCUT2D eigenvalue weighted by molar-refractivity contribution is 0.415. The van der Waals surface area contributed by atoms with Crippen LogP contribution in [0.25, 0.3) is 12.2 Å². The Kier molecular flexibility index (Phi) is 4.75. The van der Waals surface area contributed by atoms with Gasteiger partial charge in [0.05, 0.1) is 18.7 Å². The number of allylic oxidation sites excluding steroid dienone is 2. The maximum absolute atomic E-state index is 8.72. The fraction of sp³-hybridized carbons (Fsp3) is 0.0556. The number of nitrogens with zero attached hydrogens (tertiary/aromatic N) is 1. The van der Waals surface area contributed by atoms with Crippen LogP contribution in [0.3, 0.4) is 0 Å². The molecule has 0 N–H and O–H groups in total. The molecule has 0 saturated heterocycles. The van der Waals surface area contributed by atoms with E-state index in [1.807, 2.05) is 72.8 Å². The average Bonchev–Trinajstić information content (AvgIpc) is 2.53. The van der Waals surface area contributed by atoms with Gasteiger partial charge in [-0.1, -0.05) is 48.6 Å². The van der Waals surface area contributed by atoms with E-state index in [0.29, 0.717) is 5.56 Å². The highest BCUT2D eigenvalue weighted by molar-refractivity contribution is 5.58. The zero-order chi connectivity index (χ0) is 14.2. The van der Waals surface area contributed by atoms with Crippen LogP contribution in [-0.2, 0) is 0 Å². The van der Waals surface area contributed by atoms with Crippen molar-refractivity contribution in [1.82, 2.24) is 0 Å². The first kappa shape index (κ1) is 13.6. The zero-order valence-corrected chi connectivity index (χ0v) is 11.3. The molecule has 2 rings (SSSR count). The lowest BCUT2D eigenvalue weighted by atomic mass is 10.1. The Morgan fingerprint density at radius 1 is 0.850 bits per heavy atom. The van der Waals surface area contributed by atoms with Crippen LogP contribution in [0.2, 0.25) is 0 Å². The van der Waals surface area contributed by atoms with Crippen LogP contribution in [0.1, 0.15) is 16.7 Å². The zero-order valence-electron chi connectivity index (χ0n) is 11.3. The molecule has 0 fully saturated rings. The molecule has 0 unspecified atom stereocenters. The van der Waals surface area contributed by atoms with Crippen LogP contribution in [0.5, 0.6) is 5.75 Å². The Morgan fingerprint density at radius 3 is 1.80 bits per heavy atom. The second kappa shape index (κ2) is 6.96. The highest BCUT2D eigenvalue weighted by Crippen LogP contribution is 2.12. The number of hydrogen-bond acceptors (Lipinski definition) is 2. The number of ether oxygens (including phenoxy) is 1. The molecule has 0 spiro atoms. The van der Waals surface area contributed by atoms with Gasteiger partial charge in [-0.05, 0) is 35.4 Å². The van der Waals surface area contributed by atoms with Gasteiger partial charge in [-0.2, -0.15) is 5.26 Å². The minimum absolute atomic E-state index is 0.677. The third-order valence-corrected chi connectivity index (χ3v) is 2.84. The van der Waals surface area contributed by atoms with E-state index in [4.69, 9.17) is 10.00 Å². The standard InChI is InChI=1S/C18H15NO/c1-20-18-12-10-16(11-13-18)5-3-2-4-15-6-8-17(14-19)9-7-15/h2-13H,1H3/b4-2+,5-3+. The molecule has 0 aliphatic heterocycles. The molecule has 0 amide bonds. The molecule has 2 aromatic carbocycles. The van der Waals surface area contributed by atoms with E-state index in [1.54, 1.807) is 7.11 Å². The van der Waals surface area contributed by atoms with Gasteiger partial charge in [0.25, 0.3) is 0 Å². The summed E-state index contributed by atoms with van der Waals surface area (Å²) in [6.07, 6.45) is 7.99. The Balaban J connectivity index is 1.97. The van der Waals surface area contributed by atoms with Crippen LogP contribution in [0.15, 0.2) is 60.7 Å². The lowest BCUT2D eigenvalue weighted by Crippen LogP contribution is -1.81. The van der Waals surface area contributed by atoms with Gasteiger partial charge in [0.1, 0.15) is 5.75 Å². The maximum atomic E-state index is 8.72. The number of nitriles is 1. The van der Waals surface area contributed by atoms with Crippen molar-refractivity contribution in [2.75, 3.05) is 7.11 Å². The van der Waals surface area contributed by atoms with Crippen molar-refractivity contribution in [3.05, 3.63) is 77.4 Å². The van der Waals surface area contributed by atoms with Gasteiger partial charge in [-0.3, -0.25) is 0 Å². The summed E-state index contributed by atoms with van der Waals surface area (Å²) >= 11 is 0. The van der Waals surface area contributed by atoms with Crippen LogP contribution < -0.4 is 4.74 Å². The molecule has 2 nitrogen and oxygen atoms in total. The number of methoxy groups -OCH3 is 1. The van der Waals surface area contributed by atoms with Crippen LogP contribution >= 0.6 is 0 Å². The van der Waals surface area contributed by atoms with Gasteiger partial charge >= 0.3 is 0 Å². The summed E-state index contributed by atoms with van der Waals surface area (Å²) in [7, 11) is 1.66. The van der Waals surface area contributed by atoms with Crippen molar-refractivity contribution in [3.8, 4) is 11.8 Å². The molecular formula is C18H15NO. The first-order chi connectivity index (χ1) is 9.81. The summed E-state index contributed by atoms with van der Waals surface area (Å²) in [5.41, 5.74) is 2.87. The predicted molar refractivity (Wildman–Crippen MR) is 82.2 cm³/mol. The summed E-state index contributed by atoms with van der Waals surface area (Å²) < 4.78 is 5.11. The van der Waals surface area contributed by atoms with Gasteiger partial charge in [0.2, 0.25) is 0 Å². The molecule has 0 aliphatic carbocycles. The molecule has 2 heteroatoms. The molecule has 0 radical (unpaired) electrons. The average molecular weight is 261 g/mol. The minimum atomic E-state index is 0.677. The quantitative estimate of drug-likeness (QED) is 0.769. The van der Waals surface area contributed by atoms with Crippen molar-refractivity contribution in [2.45, 2.75) is 0 Å². The largest absolute Gasteiger partial charge is 0.497 e.